The number of ether oxygens (including phenoxy) is 1. The molecule has 0 aromatic heterocycles. The van der Waals surface area contributed by atoms with Gasteiger partial charge in [-0.25, -0.2) is 9.59 Å². The second-order valence-electron chi connectivity index (χ2n) is 2.32. The van der Waals surface area contributed by atoms with Crippen LogP contribution in [0, 0.1) is 0 Å². The van der Waals surface area contributed by atoms with Crippen molar-refractivity contribution in [2.75, 3.05) is 13.3 Å². The zero-order valence-electron chi connectivity index (χ0n) is 7.50. The number of hydrogen-bond acceptors (Lipinski definition) is 3. The van der Waals surface area contributed by atoms with E-state index in [0.29, 0.717) is 6.61 Å². The summed E-state index contributed by atoms with van der Waals surface area (Å²) in [7, 11) is 0. The molecule has 6 heteroatoms. The van der Waals surface area contributed by atoms with E-state index in [1.165, 1.54) is 0 Å². The van der Waals surface area contributed by atoms with E-state index >= 15 is 0 Å². The smallest absolute Gasteiger partial charge is 0.408 e. The van der Waals surface area contributed by atoms with Crippen LogP contribution >= 0.6 is 0 Å². The largest absolute Gasteiger partial charge is 0.465 e. The van der Waals surface area contributed by atoms with Crippen LogP contribution in [-0.4, -0.2) is 30.6 Å². The van der Waals surface area contributed by atoms with E-state index in [0.717, 1.165) is 12.8 Å². The highest BCUT2D eigenvalue weighted by atomic mass is 16.5. The number of carboxylic acid groups (broad SMARTS) is 1. The quantitative estimate of drug-likeness (QED) is 0.440. The van der Waals surface area contributed by atoms with Crippen molar-refractivity contribution >= 4 is 12.2 Å². The highest BCUT2D eigenvalue weighted by Gasteiger charge is 2.00. The van der Waals surface area contributed by atoms with E-state index in [9.17, 15) is 9.59 Å². The van der Waals surface area contributed by atoms with Crippen molar-refractivity contribution in [3.05, 3.63) is 0 Å². The lowest BCUT2D eigenvalue weighted by Crippen LogP contribution is -2.36. The molecule has 3 N–H and O–H groups in total. The first kappa shape index (κ1) is 11.5. The van der Waals surface area contributed by atoms with Gasteiger partial charge in [0.05, 0.1) is 13.3 Å². The minimum atomic E-state index is -1.19. The van der Waals surface area contributed by atoms with Crippen molar-refractivity contribution in [2.24, 2.45) is 0 Å². The monoisotopic (exact) mass is 190 g/mol. The zero-order chi connectivity index (χ0) is 10.1. The fourth-order valence-electron chi connectivity index (χ4n) is 0.552. The third-order valence-corrected chi connectivity index (χ3v) is 1.20. The molecule has 2 amide bonds. The van der Waals surface area contributed by atoms with Crippen LogP contribution in [-0.2, 0) is 4.74 Å². The molecule has 0 heterocycles. The van der Waals surface area contributed by atoms with Crippen molar-refractivity contribution < 1.29 is 19.4 Å². The maximum Gasteiger partial charge on any atom is 0.408 e. The van der Waals surface area contributed by atoms with Gasteiger partial charge in [0, 0.05) is 0 Å². The van der Waals surface area contributed by atoms with Crippen molar-refractivity contribution in [2.45, 2.75) is 19.8 Å². The van der Waals surface area contributed by atoms with Crippen LogP contribution < -0.4 is 10.6 Å². The first-order chi connectivity index (χ1) is 6.16. The molecule has 0 bridgehead atoms. The van der Waals surface area contributed by atoms with Crippen LogP contribution in [0.2, 0.25) is 0 Å². The van der Waals surface area contributed by atoms with Gasteiger partial charge in [0.2, 0.25) is 0 Å². The van der Waals surface area contributed by atoms with Crippen LogP contribution in [0.25, 0.3) is 0 Å². The summed E-state index contributed by atoms with van der Waals surface area (Å²) in [5.74, 6) is 0. The SMILES string of the molecule is CCCCOC(=O)NCNC(=O)O. The fourth-order valence-corrected chi connectivity index (χ4v) is 0.552. The van der Waals surface area contributed by atoms with E-state index in [1.54, 1.807) is 0 Å². The summed E-state index contributed by atoms with van der Waals surface area (Å²) in [4.78, 5) is 20.7. The lowest BCUT2D eigenvalue weighted by atomic mass is 10.4. The summed E-state index contributed by atoms with van der Waals surface area (Å²) in [6.07, 6.45) is -0.0449. The first-order valence-corrected chi connectivity index (χ1v) is 4.04. The molecule has 6 nitrogen and oxygen atoms in total. The Morgan fingerprint density at radius 3 is 2.62 bits per heavy atom. The highest BCUT2D eigenvalue weighted by Crippen LogP contribution is 1.87. The molecule has 13 heavy (non-hydrogen) atoms. The zero-order valence-corrected chi connectivity index (χ0v) is 7.50. The van der Waals surface area contributed by atoms with Gasteiger partial charge in [-0.2, -0.15) is 0 Å². The summed E-state index contributed by atoms with van der Waals surface area (Å²) in [6.45, 7) is 2.20. The molecule has 0 unspecified atom stereocenters. The molecule has 0 aromatic carbocycles. The van der Waals surface area contributed by atoms with Crippen LogP contribution in [0.1, 0.15) is 19.8 Å². The molecular weight excluding hydrogens is 176 g/mol. The summed E-state index contributed by atoms with van der Waals surface area (Å²) in [6, 6.07) is 0. The number of carbonyl (C=O) groups excluding carboxylic acids is 1. The van der Waals surface area contributed by atoms with Crippen molar-refractivity contribution in [1.29, 1.82) is 0 Å². The Morgan fingerprint density at radius 2 is 2.08 bits per heavy atom. The summed E-state index contributed by atoms with van der Waals surface area (Å²) >= 11 is 0. The average Bonchev–Trinajstić information content (AvgIpc) is 2.04. The van der Waals surface area contributed by atoms with Gasteiger partial charge in [0.25, 0.3) is 0 Å². The Bertz CT molecular complexity index is 172. The highest BCUT2D eigenvalue weighted by molar-refractivity contribution is 5.68. The third kappa shape index (κ3) is 8.45. The van der Waals surface area contributed by atoms with Crippen LogP contribution in [0.4, 0.5) is 9.59 Å². The molecule has 76 valence electrons. The predicted octanol–water partition coefficient (Wildman–Crippen LogP) is 0.738. The van der Waals surface area contributed by atoms with Crippen LogP contribution in [0.5, 0.6) is 0 Å². The van der Waals surface area contributed by atoms with E-state index in [4.69, 9.17) is 5.11 Å². The van der Waals surface area contributed by atoms with Crippen molar-refractivity contribution in [1.82, 2.24) is 10.6 Å². The summed E-state index contributed by atoms with van der Waals surface area (Å²) in [5.41, 5.74) is 0. The Morgan fingerprint density at radius 1 is 1.38 bits per heavy atom. The second kappa shape index (κ2) is 7.20. The Kier molecular flexibility index (Phi) is 6.39. The number of amides is 2. The average molecular weight is 190 g/mol. The molecule has 0 saturated carbocycles. The topological polar surface area (TPSA) is 87.7 Å². The minimum absolute atomic E-state index is 0.139. The summed E-state index contributed by atoms with van der Waals surface area (Å²) < 4.78 is 4.68. The number of hydrogen-bond donors (Lipinski definition) is 3. The lowest BCUT2D eigenvalue weighted by molar-refractivity contribution is 0.143. The molecule has 0 aromatic rings. The first-order valence-electron chi connectivity index (χ1n) is 4.04. The van der Waals surface area contributed by atoms with E-state index < -0.39 is 12.2 Å². The van der Waals surface area contributed by atoms with Gasteiger partial charge in [-0.1, -0.05) is 13.3 Å². The van der Waals surface area contributed by atoms with Gasteiger partial charge in [-0.15, -0.1) is 0 Å². The molecule has 0 aliphatic rings. The number of alkyl carbamates (subject to hydrolysis) is 1. The Hall–Kier alpha value is -1.46. The number of unbranched alkanes of at least 4 members (excludes halogenated alkanes) is 1. The molecular formula is C7H14N2O4. The van der Waals surface area contributed by atoms with Gasteiger partial charge in [0.15, 0.2) is 0 Å². The molecule has 0 saturated heterocycles. The molecule has 0 radical (unpaired) electrons. The maximum absolute atomic E-state index is 10.7. The predicted molar refractivity (Wildman–Crippen MR) is 45.4 cm³/mol. The molecule has 0 fully saturated rings. The lowest BCUT2D eigenvalue weighted by Gasteiger charge is -2.05. The van der Waals surface area contributed by atoms with E-state index in [-0.39, 0.29) is 6.67 Å². The van der Waals surface area contributed by atoms with Crippen LogP contribution in [0.15, 0.2) is 0 Å². The van der Waals surface area contributed by atoms with Crippen LogP contribution in [0.3, 0.4) is 0 Å². The molecule has 0 spiro atoms. The molecule has 0 aliphatic carbocycles. The number of nitrogens with one attached hydrogen (secondary N) is 2. The standard InChI is InChI=1S/C7H14N2O4/c1-2-3-4-13-7(12)9-5-8-6(10)11/h8H,2-5H2,1H3,(H,9,12)(H,10,11). The summed E-state index contributed by atoms with van der Waals surface area (Å²) in [5, 5.41) is 12.3. The minimum Gasteiger partial charge on any atom is -0.465 e. The maximum atomic E-state index is 10.7. The van der Waals surface area contributed by atoms with Gasteiger partial charge in [-0.3, -0.25) is 0 Å². The fraction of sp³-hybridized carbons (Fsp3) is 0.714. The van der Waals surface area contributed by atoms with Gasteiger partial charge in [0.1, 0.15) is 0 Å². The Labute approximate surface area is 76.3 Å². The molecule has 0 rings (SSSR count). The van der Waals surface area contributed by atoms with Crippen molar-refractivity contribution in [3.63, 3.8) is 0 Å². The number of rotatable bonds is 5. The van der Waals surface area contributed by atoms with Gasteiger partial charge >= 0.3 is 12.2 Å². The third-order valence-electron chi connectivity index (χ3n) is 1.20. The molecule has 0 atom stereocenters. The second-order valence-corrected chi connectivity index (χ2v) is 2.32. The number of carbonyl (C=O) groups is 2. The molecule has 0 aliphatic heterocycles. The van der Waals surface area contributed by atoms with Gasteiger partial charge < -0.3 is 20.5 Å². The van der Waals surface area contributed by atoms with Gasteiger partial charge in [-0.05, 0) is 6.42 Å². The van der Waals surface area contributed by atoms with Crippen molar-refractivity contribution in [3.8, 4) is 0 Å². The van der Waals surface area contributed by atoms with E-state index in [1.807, 2.05) is 12.2 Å². The Balaban J connectivity index is 3.25. The normalized spacial score (nSPS) is 9.00. The van der Waals surface area contributed by atoms with E-state index in [2.05, 4.69) is 10.1 Å².